The van der Waals surface area contributed by atoms with Gasteiger partial charge in [-0.05, 0) is 30.5 Å². The van der Waals surface area contributed by atoms with E-state index in [1.54, 1.807) is 23.9 Å². The van der Waals surface area contributed by atoms with Crippen molar-refractivity contribution in [2.24, 2.45) is 0 Å². The molecule has 1 unspecified atom stereocenters. The van der Waals surface area contributed by atoms with Gasteiger partial charge in [0.05, 0.1) is 5.75 Å². The smallest absolute Gasteiger partial charge is 0.212 e. The summed E-state index contributed by atoms with van der Waals surface area (Å²) in [5, 5.41) is 0.301. The fraction of sp³-hybridized carbons (Fsp3) is 0.368. The second-order valence-corrected chi connectivity index (χ2v) is 9.53. The van der Waals surface area contributed by atoms with Gasteiger partial charge in [-0.3, -0.25) is 0 Å². The van der Waals surface area contributed by atoms with Crippen LogP contribution in [0, 0.1) is 12.7 Å². The van der Waals surface area contributed by atoms with Crippen molar-refractivity contribution in [1.29, 1.82) is 0 Å². The minimum absolute atomic E-state index is 0.231. The Bertz CT molecular complexity index is 839. The summed E-state index contributed by atoms with van der Waals surface area (Å²) in [4.78, 5) is 0. The normalized spacial score (nSPS) is 19.5. The number of aryl methyl sites for hydroxylation is 1. The van der Waals surface area contributed by atoms with Crippen LogP contribution in [0.15, 0.2) is 48.5 Å². The monoisotopic (exact) mass is 379 g/mol. The molecule has 2 aromatic rings. The van der Waals surface area contributed by atoms with Crippen LogP contribution in [-0.4, -0.2) is 31.6 Å². The second-order valence-electron chi connectivity index (χ2n) is 6.25. The third kappa shape index (κ3) is 4.43. The summed E-state index contributed by atoms with van der Waals surface area (Å²) in [6.07, 6.45) is 0.770. The molecule has 0 radical (unpaired) electrons. The number of halogens is 1. The Morgan fingerprint density at radius 3 is 2.60 bits per heavy atom. The highest BCUT2D eigenvalue weighted by molar-refractivity contribution is 7.99. The molecule has 0 aromatic heterocycles. The zero-order valence-electron chi connectivity index (χ0n) is 14.2. The van der Waals surface area contributed by atoms with Gasteiger partial charge in [-0.2, -0.15) is 11.8 Å². The van der Waals surface area contributed by atoms with Crippen molar-refractivity contribution in [2.45, 2.75) is 24.3 Å². The minimum atomic E-state index is -3.52. The van der Waals surface area contributed by atoms with E-state index in [0.29, 0.717) is 18.3 Å². The van der Waals surface area contributed by atoms with Crippen molar-refractivity contribution in [1.82, 2.24) is 4.31 Å². The van der Waals surface area contributed by atoms with Crippen LogP contribution in [0.2, 0.25) is 0 Å². The summed E-state index contributed by atoms with van der Waals surface area (Å²) in [6.45, 7) is 3.04. The number of sulfonamides is 1. The van der Waals surface area contributed by atoms with Gasteiger partial charge in [0.15, 0.2) is 0 Å². The van der Waals surface area contributed by atoms with E-state index < -0.39 is 15.8 Å². The van der Waals surface area contributed by atoms with Crippen molar-refractivity contribution in [3.63, 3.8) is 0 Å². The lowest BCUT2D eigenvalue weighted by molar-refractivity contribution is 0.426. The molecule has 0 bridgehead atoms. The number of rotatable bonds is 4. The molecule has 3 rings (SSSR count). The van der Waals surface area contributed by atoms with Crippen LogP contribution in [0.1, 0.15) is 28.4 Å². The van der Waals surface area contributed by atoms with E-state index in [4.69, 9.17) is 0 Å². The fourth-order valence-corrected chi connectivity index (χ4v) is 6.13. The second kappa shape index (κ2) is 7.89. The first-order chi connectivity index (χ1) is 12.0. The van der Waals surface area contributed by atoms with Gasteiger partial charge in [0, 0.05) is 29.7 Å². The standard InChI is InChI=1S/C19H22FNO2S2/c1-15-6-2-4-8-17(15)19-10-11-21(12-13-24-19)25(22,23)14-16-7-3-5-9-18(16)20/h2-9,19H,10-14H2,1H3. The molecule has 1 fully saturated rings. The zero-order valence-corrected chi connectivity index (χ0v) is 15.8. The maximum Gasteiger partial charge on any atom is 0.218 e. The molecule has 0 aliphatic carbocycles. The summed E-state index contributed by atoms with van der Waals surface area (Å²) >= 11 is 1.80. The van der Waals surface area contributed by atoms with E-state index in [2.05, 4.69) is 19.1 Å². The van der Waals surface area contributed by atoms with Crippen molar-refractivity contribution in [2.75, 3.05) is 18.8 Å². The Balaban J connectivity index is 1.72. The van der Waals surface area contributed by atoms with E-state index >= 15 is 0 Å². The predicted molar refractivity (Wildman–Crippen MR) is 102 cm³/mol. The molecule has 25 heavy (non-hydrogen) atoms. The van der Waals surface area contributed by atoms with Crippen molar-refractivity contribution in [3.8, 4) is 0 Å². The first-order valence-corrected chi connectivity index (χ1v) is 11.0. The van der Waals surface area contributed by atoms with Crippen LogP contribution in [0.3, 0.4) is 0 Å². The molecular weight excluding hydrogens is 357 g/mol. The molecule has 0 spiro atoms. The molecule has 134 valence electrons. The number of nitrogens with zero attached hydrogens (tertiary/aromatic N) is 1. The average molecular weight is 380 g/mol. The molecule has 1 aliphatic rings. The number of hydrogen-bond acceptors (Lipinski definition) is 3. The van der Waals surface area contributed by atoms with Gasteiger partial charge in [-0.15, -0.1) is 0 Å². The molecule has 0 saturated carbocycles. The minimum Gasteiger partial charge on any atom is -0.212 e. The van der Waals surface area contributed by atoms with Crippen molar-refractivity contribution in [3.05, 3.63) is 71.0 Å². The van der Waals surface area contributed by atoms with Gasteiger partial charge < -0.3 is 0 Å². The summed E-state index contributed by atoms with van der Waals surface area (Å²) < 4.78 is 40.8. The maximum absolute atomic E-state index is 13.8. The highest BCUT2D eigenvalue weighted by Crippen LogP contribution is 2.36. The van der Waals surface area contributed by atoms with Crippen molar-refractivity contribution < 1.29 is 12.8 Å². The van der Waals surface area contributed by atoms with E-state index in [1.807, 2.05) is 12.1 Å². The molecule has 1 heterocycles. The third-order valence-corrected chi connectivity index (χ3v) is 7.66. The number of thioether (sulfide) groups is 1. The molecule has 0 amide bonds. The number of hydrogen-bond donors (Lipinski definition) is 0. The lowest BCUT2D eigenvalue weighted by atomic mass is 10.0. The third-order valence-electron chi connectivity index (χ3n) is 4.52. The van der Waals surface area contributed by atoms with E-state index in [-0.39, 0.29) is 11.3 Å². The van der Waals surface area contributed by atoms with Gasteiger partial charge in [0.2, 0.25) is 10.0 Å². The molecule has 6 heteroatoms. The summed E-state index contributed by atoms with van der Waals surface area (Å²) in [5.41, 5.74) is 2.75. The largest absolute Gasteiger partial charge is 0.218 e. The van der Waals surface area contributed by atoms with E-state index in [0.717, 1.165) is 12.2 Å². The highest BCUT2D eigenvalue weighted by atomic mass is 32.2. The molecule has 1 atom stereocenters. The first-order valence-electron chi connectivity index (χ1n) is 8.36. The van der Waals surface area contributed by atoms with Gasteiger partial charge in [-0.25, -0.2) is 17.1 Å². The SMILES string of the molecule is Cc1ccccc1C1CCN(S(=O)(=O)Cc2ccccc2F)CCS1. The Morgan fingerprint density at radius 2 is 1.84 bits per heavy atom. The lowest BCUT2D eigenvalue weighted by Crippen LogP contribution is -2.34. The highest BCUT2D eigenvalue weighted by Gasteiger charge is 2.28. The van der Waals surface area contributed by atoms with Gasteiger partial charge in [-0.1, -0.05) is 42.5 Å². The molecular formula is C19H22FNO2S2. The summed E-state index contributed by atoms with van der Waals surface area (Å²) in [7, 11) is -3.52. The number of benzene rings is 2. The van der Waals surface area contributed by atoms with E-state index in [9.17, 15) is 12.8 Å². The van der Waals surface area contributed by atoms with Crippen LogP contribution in [0.25, 0.3) is 0 Å². The maximum atomic E-state index is 13.8. The Labute approximate surface area is 153 Å². The average Bonchev–Trinajstić information content (AvgIpc) is 2.84. The molecule has 1 saturated heterocycles. The van der Waals surface area contributed by atoms with Crippen LogP contribution in [-0.2, 0) is 15.8 Å². The first kappa shape index (κ1) is 18.4. The fourth-order valence-electron chi connectivity index (χ4n) is 3.13. The molecule has 3 nitrogen and oxygen atoms in total. The van der Waals surface area contributed by atoms with Crippen LogP contribution in [0.4, 0.5) is 4.39 Å². The Morgan fingerprint density at radius 1 is 1.12 bits per heavy atom. The Kier molecular flexibility index (Phi) is 5.81. The zero-order chi connectivity index (χ0) is 17.9. The molecule has 0 N–H and O–H groups in total. The van der Waals surface area contributed by atoms with E-state index in [1.165, 1.54) is 27.6 Å². The van der Waals surface area contributed by atoms with Gasteiger partial charge in [0.25, 0.3) is 0 Å². The van der Waals surface area contributed by atoms with Crippen molar-refractivity contribution >= 4 is 21.8 Å². The molecule has 1 aliphatic heterocycles. The van der Waals surface area contributed by atoms with Crippen LogP contribution >= 0.6 is 11.8 Å². The quantitative estimate of drug-likeness (QED) is 0.801. The Hall–Kier alpha value is -1.37. The van der Waals surface area contributed by atoms with Crippen LogP contribution in [0.5, 0.6) is 0 Å². The summed E-state index contributed by atoms with van der Waals surface area (Å²) in [5.74, 6) is 0.00238. The van der Waals surface area contributed by atoms with Gasteiger partial charge in [0.1, 0.15) is 5.82 Å². The topological polar surface area (TPSA) is 37.4 Å². The lowest BCUT2D eigenvalue weighted by Gasteiger charge is -2.20. The molecule has 2 aromatic carbocycles. The summed E-state index contributed by atoms with van der Waals surface area (Å²) in [6, 6.07) is 14.3. The predicted octanol–water partition coefficient (Wildman–Crippen LogP) is 4.14. The van der Waals surface area contributed by atoms with Crippen LogP contribution < -0.4 is 0 Å². The van der Waals surface area contributed by atoms with Gasteiger partial charge >= 0.3 is 0 Å².